The van der Waals surface area contributed by atoms with Crippen LogP contribution < -0.4 is 10.6 Å². The van der Waals surface area contributed by atoms with E-state index in [0.29, 0.717) is 5.39 Å². The van der Waals surface area contributed by atoms with E-state index in [-0.39, 0.29) is 40.8 Å². The third-order valence-electron chi connectivity index (χ3n) is 5.24. The van der Waals surface area contributed by atoms with Crippen molar-refractivity contribution in [1.29, 1.82) is 0 Å². The summed E-state index contributed by atoms with van der Waals surface area (Å²) >= 11 is 0. The highest BCUT2D eigenvalue weighted by molar-refractivity contribution is 6.00. The third kappa shape index (κ3) is 6.75. The number of carbonyl (C=O) groups is 1. The van der Waals surface area contributed by atoms with E-state index in [1.807, 2.05) is 0 Å². The molecule has 0 radical (unpaired) electrons. The first-order chi connectivity index (χ1) is 15.9. The largest absolute Gasteiger partial charge is 0.417 e. The summed E-state index contributed by atoms with van der Waals surface area (Å²) in [6, 6.07) is 5.97. The number of nitrogens with one attached hydrogen (secondary N) is 2. The number of allylic oxidation sites excluding steroid dienone is 1. The highest BCUT2D eigenvalue weighted by atomic mass is 19.4. The molecule has 1 saturated carbocycles. The second kappa shape index (κ2) is 10.1. The van der Waals surface area contributed by atoms with E-state index in [2.05, 4.69) is 22.2 Å². The van der Waals surface area contributed by atoms with Crippen molar-refractivity contribution in [2.75, 3.05) is 39.0 Å². The Balaban J connectivity index is 1.94. The van der Waals surface area contributed by atoms with Crippen molar-refractivity contribution in [3.05, 3.63) is 48.3 Å². The summed E-state index contributed by atoms with van der Waals surface area (Å²) in [5.74, 6) is -3.08. The average molecular weight is 482 g/mol. The second-order valence-corrected chi connectivity index (χ2v) is 8.64. The Bertz CT molecular complexity index is 1090. The van der Waals surface area contributed by atoms with Crippen LogP contribution in [0.3, 0.4) is 0 Å². The molecule has 5 nitrogen and oxygen atoms in total. The minimum atomic E-state index is -4.72. The number of amides is 1. The summed E-state index contributed by atoms with van der Waals surface area (Å²) < 4.78 is 68.8. The van der Waals surface area contributed by atoms with E-state index < -0.39 is 30.8 Å². The van der Waals surface area contributed by atoms with E-state index in [4.69, 9.17) is 0 Å². The van der Waals surface area contributed by atoms with Gasteiger partial charge in [-0.2, -0.15) is 13.2 Å². The summed E-state index contributed by atoms with van der Waals surface area (Å²) in [4.78, 5) is 17.2. The number of aromatic nitrogens is 1. The molecule has 3 rings (SSSR count). The van der Waals surface area contributed by atoms with Crippen LogP contribution in [0.4, 0.5) is 27.6 Å². The molecule has 10 heteroatoms. The molecule has 184 valence electrons. The molecular formula is C24H27F5N4O. The highest BCUT2D eigenvalue weighted by Gasteiger charge is 2.35. The lowest BCUT2D eigenvalue weighted by Crippen LogP contribution is -2.38. The Hall–Kier alpha value is -3.01. The van der Waals surface area contributed by atoms with Crippen LogP contribution in [0.2, 0.25) is 0 Å². The van der Waals surface area contributed by atoms with Gasteiger partial charge in [0.25, 0.3) is 5.92 Å². The Kier molecular flexibility index (Phi) is 7.60. The van der Waals surface area contributed by atoms with Gasteiger partial charge in [-0.25, -0.2) is 13.8 Å². The maximum Gasteiger partial charge on any atom is 0.417 e. The van der Waals surface area contributed by atoms with Gasteiger partial charge in [-0.3, -0.25) is 4.79 Å². The fourth-order valence-corrected chi connectivity index (χ4v) is 3.47. The summed E-state index contributed by atoms with van der Waals surface area (Å²) in [5.41, 5.74) is -1.07. The van der Waals surface area contributed by atoms with Gasteiger partial charge in [0.15, 0.2) is 0 Å². The molecule has 2 aromatic rings. The number of anilines is 1. The molecule has 0 bridgehead atoms. The number of alkyl halides is 5. The van der Waals surface area contributed by atoms with Gasteiger partial charge in [0.1, 0.15) is 0 Å². The number of nitrogens with zero attached hydrogens (tertiary/aromatic N) is 2. The smallest absolute Gasteiger partial charge is 0.378 e. The molecule has 1 aromatic carbocycles. The molecule has 0 aliphatic heterocycles. The summed E-state index contributed by atoms with van der Waals surface area (Å²) in [6.45, 7) is 2.19. The van der Waals surface area contributed by atoms with Crippen molar-refractivity contribution < 1.29 is 26.7 Å². The first kappa shape index (κ1) is 25.6. The second-order valence-electron chi connectivity index (χ2n) is 8.64. The molecule has 1 aliphatic carbocycles. The fraction of sp³-hybridized carbons (Fsp3) is 0.417. The van der Waals surface area contributed by atoms with Crippen molar-refractivity contribution in [2.24, 2.45) is 5.92 Å². The van der Waals surface area contributed by atoms with Gasteiger partial charge in [-0.05, 0) is 45.1 Å². The fourth-order valence-electron chi connectivity index (χ4n) is 3.47. The summed E-state index contributed by atoms with van der Waals surface area (Å²) in [5, 5.41) is 5.84. The Morgan fingerprint density at radius 1 is 1.21 bits per heavy atom. The Morgan fingerprint density at radius 2 is 1.91 bits per heavy atom. The van der Waals surface area contributed by atoms with E-state index in [1.165, 1.54) is 49.3 Å². The summed E-state index contributed by atoms with van der Waals surface area (Å²) in [6.07, 6.45) is 0.0534. The molecule has 0 unspecified atom stereocenters. The summed E-state index contributed by atoms with van der Waals surface area (Å²) in [7, 11) is 3.05. The topological polar surface area (TPSA) is 57.3 Å². The maximum absolute atomic E-state index is 14.2. The van der Waals surface area contributed by atoms with Crippen molar-refractivity contribution in [3.63, 3.8) is 0 Å². The predicted octanol–water partition coefficient (Wildman–Crippen LogP) is 4.96. The average Bonchev–Trinajstić information content (AvgIpc) is 3.58. The van der Waals surface area contributed by atoms with E-state index in [1.54, 1.807) is 6.08 Å². The Labute approximate surface area is 194 Å². The Morgan fingerprint density at radius 3 is 2.53 bits per heavy atom. The van der Waals surface area contributed by atoms with Crippen molar-refractivity contribution in [1.82, 2.24) is 15.2 Å². The molecule has 0 spiro atoms. The lowest BCUT2D eigenvalue weighted by Gasteiger charge is -2.22. The number of hydrogen-bond donors (Lipinski definition) is 2. The first-order valence-corrected chi connectivity index (χ1v) is 10.8. The molecule has 1 aliphatic rings. The minimum absolute atomic E-state index is 0.0353. The van der Waals surface area contributed by atoms with Crippen LogP contribution in [0.5, 0.6) is 0 Å². The zero-order valence-corrected chi connectivity index (χ0v) is 19.0. The van der Waals surface area contributed by atoms with Gasteiger partial charge in [0.05, 0.1) is 30.1 Å². The zero-order valence-electron chi connectivity index (χ0n) is 19.0. The molecule has 2 N–H and O–H groups in total. The number of pyridine rings is 1. The molecule has 1 aromatic heterocycles. The van der Waals surface area contributed by atoms with Crippen molar-refractivity contribution in [2.45, 2.75) is 24.9 Å². The first-order valence-electron chi connectivity index (χ1n) is 10.8. The molecule has 1 amide bonds. The van der Waals surface area contributed by atoms with Crippen LogP contribution in [0, 0.1) is 5.92 Å². The van der Waals surface area contributed by atoms with E-state index in [9.17, 15) is 26.7 Å². The molecule has 34 heavy (non-hydrogen) atoms. The van der Waals surface area contributed by atoms with E-state index >= 15 is 0 Å². The predicted molar refractivity (Wildman–Crippen MR) is 124 cm³/mol. The molecule has 0 saturated heterocycles. The van der Waals surface area contributed by atoms with E-state index in [0.717, 1.165) is 12.8 Å². The monoisotopic (exact) mass is 482 g/mol. The standard InChI is InChI=1S/C24H27F5N4O/c1-15(24(27,28)29)21-18-7-4-8-20(31-13-23(25,26)14-33(2)3)19(18)12-17(32-21)6-5-11-30-22(34)16-9-10-16/h4-8,12,16,31H,1,9-11,13-14H2,2-3H3,(H,30,34)/b6-5+. The number of benzene rings is 1. The molecule has 1 heterocycles. The van der Waals surface area contributed by atoms with Crippen molar-refractivity contribution in [3.8, 4) is 0 Å². The van der Waals surface area contributed by atoms with Crippen LogP contribution in [-0.4, -0.2) is 61.6 Å². The maximum atomic E-state index is 14.2. The van der Waals surface area contributed by atoms with Gasteiger partial charge >= 0.3 is 6.18 Å². The normalized spacial score (nSPS) is 14.7. The number of carbonyl (C=O) groups excluding carboxylic acids is 1. The lowest BCUT2D eigenvalue weighted by molar-refractivity contribution is -0.122. The third-order valence-corrected chi connectivity index (χ3v) is 5.24. The van der Waals surface area contributed by atoms with Gasteiger partial charge < -0.3 is 15.5 Å². The van der Waals surface area contributed by atoms with Crippen LogP contribution in [0.1, 0.15) is 24.2 Å². The number of hydrogen-bond acceptors (Lipinski definition) is 4. The number of rotatable bonds is 10. The number of fused-ring (bicyclic) bond motifs is 1. The lowest BCUT2D eigenvalue weighted by atomic mass is 10.0. The van der Waals surface area contributed by atoms with Crippen LogP contribution in [-0.2, 0) is 4.79 Å². The van der Waals surface area contributed by atoms with Gasteiger partial charge in [-0.15, -0.1) is 0 Å². The molecular weight excluding hydrogens is 455 g/mol. The van der Waals surface area contributed by atoms with Gasteiger partial charge in [0.2, 0.25) is 5.91 Å². The SMILES string of the molecule is C=C(c1nc(/C=C/CNC(=O)C2CC2)cc2c(NCC(F)(F)CN(C)C)cccc12)C(F)(F)F. The van der Waals surface area contributed by atoms with Gasteiger partial charge in [0, 0.05) is 28.9 Å². The zero-order chi connectivity index (χ0) is 25.1. The molecule has 1 fully saturated rings. The van der Waals surface area contributed by atoms with Gasteiger partial charge in [-0.1, -0.05) is 24.8 Å². The van der Waals surface area contributed by atoms with Crippen LogP contribution in [0.15, 0.2) is 36.9 Å². The molecule has 0 atom stereocenters. The van der Waals surface area contributed by atoms with Crippen LogP contribution >= 0.6 is 0 Å². The quantitative estimate of drug-likeness (QED) is 0.470. The highest BCUT2D eigenvalue weighted by Crippen LogP contribution is 2.37. The van der Waals surface area contributed by atoms with Crippen LogP contribution in [0.25, 0.3) is 22.4 Å². The van der Waals surface area contributed by atoms with Crippen molar-refractivity contribution >= 4 is 34.0 Å². The minimum Gasteiger partial charge on any atom is -0.378 e. The number of halogens is 5.